The summed E-state index contributed by atoms with van der Waals surface area (Å²) in [4.78, 5) is 22.7. The van der Waals surface area contributed by atoms with Crippen LogP contribution in [-0.2, 0) is 11.2 Å². The van der Waals surface area contributed by atoms with Crippen molar-refractivity contribution in [2.75, 3.05) is 17.2 Å². The second-order valence-electron chi connectivity index (χ2n) is 7.56. The van der Waals surface area contributed by atoms with Crippen LogP contribution >= 0.6 is 0 Å². The summed E-state index contributed by atoms with van der Waals surface area (Å²) in [6.07, 6.45) is 3.25. The number of hydrogen-bond donors (Lipinski definition) is 2. The fourth-order valence-electron chi connectivity index (χ4n) is 4.17. The fourth-order valence-corrected chi connectivity index (χ4v) is 4.17. The third-order valence-electron chi connectivity index (χ3n) is 5.66. The largest absolute Gasteiger partial charge is 0.505 e. The van der Waals surface area contributed by atoms with Crippen molar-refractivity contribution >= 4 is 28.4 Å². The molecular formula is C23H19FN6O2. The van der Waals surface area contributed by atoms with Crippen molar-refractivity contribution in [3.8, 4) is 17.0 Å². The lowest BCUT2D eigenvalue weighted by atomic mass is 9.97. The molecule has 1 amide bonds. The monoisotopic (exact) mass is 430 g/mol. The minimum atomic E-state index is -0.732. The summed E-state index contributed by atoms with van der Waals surface area (Å²) >= 11 is 0. The van der Waals surface area contributed by atoms with Gasteiger partial charge in [-0.25, -0.2) is 19.0 Å². The van der Waals surface area contributed by atoms with Crippen LogP contribution in [-0.4, -0.2) is 37.3 Å². The van der Waals surface area contributed by atoms with Gasteiger partial charge in [0.1, 0.15) is 17.8 Å². The Morgan fingerprint density at radius 2 is 2.06 bits per heavy atom. The van der Waals surface area contributed by atoms with E-state index in [4.69, 9.17) is 10.8 Å². The van der Waals surface area contributed by atoms with Crippen LogP contribution in [0, 0.1) is 5.82 Å². The molecule has 0 radical (unpaired) electrons. The molecular weight excluding hydrogens is 411 g/mol. The number of hydrogen-bond acceptors (Lipinski definition) is 6. The van der Waals surface area contributed by atoms with Gasteiger partial charge in [-0.1, -0.05) is 24.8 Å². The second kappa shape index (κ2) is 7.45. The molecule has 8 nitrogen and oxygen atoms in total. The van der Waals surface area contributed by atoms with Gasteiger partial charge in [0, 0.05) is 17.8 Å². The molecule has 0 aliphatic carbocycles. The predicted molar refractivity (Wildman–Crippen MR) is 119 cm³/mol. The first-order valence-electron chi connectivity index (χ1n) is 9.97. The van der Waals surface area contributed by atoms with E-state index in [0.29, 0.717) is 35.3 Å². The number of nitrogens with zero attached hydrogens (tertiary/aromatic N) is 5. The highest BCUT2D eigenvalue weighted by atomic mass is 19.1. The summed E-state index contributed by atoms with van der Waals surface area (Å²) in [7, 11) is 0. The minimum absolute atomic E-state index is 0.212. The molecule has 1 unspecified atom stereocenters. The fraction of sp³-hybridized carbons (Fsp3) is 0.130. The number of fused-ring (bicyclic) bond motifs is 2. The Morgan fingerprint density at radius 1 is 1.25 bits per heavy atom. The van der Waals surface area contributed by atoms with Crippen LogP contribution in [0.1, 0.15) is 11.6 Å². The topological polar surface area (TPSA) is 110 Å². The van der Waals surface area contributed by atoms with Crippen molar-refractivity contribution in [2.24, 2.45) is 0 Å². The standard InChI is InChI=1S/C23H19FN6O2/c1-2-19(32)29-11-15(9-13-5-3-4-6-17(13)29)30-23-20(22(25)26-12-27-23)21(28-30)14-7-8-16(24)18(31)10-14/h2-8,10,12,15,31H,1,9,11H2,(H2,25,26,27). The van der Waals surface area contributed by atoms with Crippen LogP contribution < -0.4 is 10.6 Å². The van der Waals surface area contributed by atoms with Crippen LogP contribution in [0.4, 0.5) is 15.9 Å². The molecule has 3 N–H and O–H groups in total. The Labute approximate surface area is 182 Å². The summed E-state index contributed by atoms with van der Waals surface area (Å²) in [6, 6.07) is 11.4. The van der Waals surface area contributed by atoms with Gasteiger partial charge in [-0.3, -0.25) is 4.79 Å². The van der Waals surface area contributed by atoms with Crippen molar-refractivity contribution in [3.05, 3.63) is 72.8 Å². The van der Waals surface area contributed by atoms with Gasteiger partial charge < -0.3 is 15.7 Å². The molecule has 5 rings (SSSR count). The summed E-state index contributed by atoms with van der Waals surface area (Å²) in [5.41, 5.74) is 9.38. The third-order valence-corrected chi connectivity index (χ3v) is 5.66. The zero-order valence-corrected chi connectivity index (χ0v) is 16.9. The number of carbonyl (C=O) groups is 1. The summed E-state index contributed by atoms with van der Waals surface area (Å²) in [6.45, 7) is 3.98. The molecule has 0 saturated carbocycles. The highest BCUT2D eigenvalue weighted by molar-refractivity contribution is 6.02. The number of nitrogens with two attached hydrogens (primary N) is 1. The summed E-state index contributed by atoms with van der Waals surface area (Å²) < 4.78 is 15.4. The van der Waals surface area contributed by atoms with Crippen molar-refractivity contribution in [2.45, 2.75) is 12.5 Å². The number of halogens is 1. The maximum absolute atomic E-state index is 13.6. The van der Waals surface area contributed by atoms with Crippen molar-refractivity contribution < 1.29 is 14.3 Å². The Balaban J connectivity index is 1.68. The van der Waals surface area contributed by atoms with E-state index in [1.54, 1.807) is 9.58 Å². The van der Waals surface area contributed by atoms with E-state index >= 15 is 0 Å². The minimum Gasteiger partial charge on any atom is -0.505 e. The number of anilines is 2. The molecule has 1 aliphatic heterocycles. The predicted octanol–water partition coefficient (Wildman–Crippen LogP) is 3.24. The second-order valence-corrected chi connectivity index (χ2v) is 7.56. The lowest BCUT2D eigenvalue weighted by Gasteiger charge is -2.34. The number of aromatic nitrogens is 4. The molecule has 0 bridgehead atoms. The van der Waals surface area contributed by atoms with E-state index in [-0.39, 0.29) is 17.8 Å². The van der Waals surface area contributed by atoms with Crippen LogP contribution in [0.3, 0.4) is 0 Å². The number of nitrogen functional groups attached to an aromatic ring is 1. The van der Waals surface area contributed by atoms with Gasteiger partial charge in [-0.2, -0.15) is 5.10 Å². The first kappa shape index (κ1) is 19.7. The van der Waals surface area contributed by atoms with Gasteiger partial charge in [-0.05, 0) is 42.3 Å². The normalized spacial score (nSPS) is 15.5. The molecule has 3 heterocycles. The van der Waals surface area contributed by atoms with Crippen LogP contribution in [0.25, 0.3) is 22.3 Å². The number of benzene rings is 2. The number of phenolic OH excluding ortho intramolecular Hbond substituents is 1. The number of aromatic hydroxyl groups is 1. The molecule has 4 aromatic rings. The zero-order chi connectivity index (χ0) is 22.4. The highest BCUT2D eigenvalue weighted by Crippen LogP contribution is 2.37. The summed E-state index contributed by atoms with van der Waals surface area (Å²) in [5.74, 6) is -1.22. The van der Waals surface area contributed by atoms with E-state index in [1.807, 2.05) is 24.3 Å². The number of para-hydroxylation sites is 1. The average molecular weight is 430 g/mol. The Kier molecular flexibility index (Phi) is 4.58. The van der Waals surface area contributed by atoms with Gasteiger partial charge in [-0.15, -0.1) is 0 Å². The maximum atomic E-state index is 13.6. The van der Waals surface area contributed by atoms with E-state index in [2.05, 4.69) is 16.5 Å². The molecule has 0 fully saturated rings. The quantitative estimate of drug-likeness (QED) is 0.483. The van der Waals surface area contributed by atoms with Crippen molar-refractivity contribution in [1.82, 2.24) is 19.7 Å². The van der Waals surface area contributed by atoms with Gasteiger partial charge >= 0.3 is 0 Å². The van der Waals surface area contributed by atoms with Gasteiger partial charge in [0.25, 0.3) is 0 Å². The number of phenols is 1. The molecule has 1 aliphatic rings. The molecule has 2 aromatic carbocycles. The maximum Gasteiger partial charge on any atom is 0.250 e. The molecule has 32 heavy (non-hydrogen) atoms. The van der Waals surface area contributed by atoms with E-state index < -0.39 is 11.6 Å². The Morgan fingerprint density at radius 3 is 2.84 bits per heavy atom. The number of rotatable bonds is 3. The van der Waals surface area contributed by atoms with Crippen molar-refractivity contribution in [1.29, 1.82) is 0 Å². The number of carbonyl (C=O) groups excluding carboxylic acids is 1. The van der Waals surface area contributed by atoms with Gasteiger partial charge in [0.15, 0.2) is 17.2 Å². The lowest BCUT2D eigenvalue weighted by Crippen LogP contribution is -2.40. The Hall–Kier alpha value is -4.27. The lowest BCUT2D eigenvalue weighted by molar-refractivity contribution is -0.114. The molecule has 160 valence electrons. The van der Waals surface area contributed by atoms with Crippen LogP contribution in [0.15, 0.2) is 61.4 Å². The SMILES string of the molecule is C=CC(=O)N1CC(n2nc(-c3ccc(F)c(O)c3)c3c(N)ncnc32)Cc2ccccc21. The molecule has 2 aromatic heterocycles. The summed E-state index contributed by atoms with van der Waals surface area (Å²) in [5, 5.41) is 15.1. The number of amides is 1. The van der Waals surface area contributed by atoms with Crippen LogP contribution in [0.2, 0.25) is 0 Å². The van der Waals surface area contributed by atoms with E-state index in [1.165, 1.54) is 24.5 Å². The average Bonchev–Trinajstić information content (AvgIpc) is 3.20. The Bertz CT molecular complexity index is 1380. The molecule has 0 spiro atoms. The first-order chi connectivity index (χ1) is 15.5. The van der Waals surface area contributed by atoms with Gasteiger partial charge in [0.2, 0.25) is 5.91 Å². The van der Waals surface area contributed by atoms with E-state index in [0.717, 1.165) is 17.3 Å². The van der Waals surface area contributed by atoms with E-state index in [9.17, 15) is 14.3 Å². The molecule has 1 atom stereocenters. The molecule has 0 saturated heterocycles. The first-order valence-corrected chi connectivity index (χ1v) is 9.97. The highest BCUT2D eigenvalue weighted by Gasteiger charge is 2.31. The van der Waals surface area contributed by atoms with Crippen LogP contribution in [0.5, 0.6) is 5.75 Å². The third kappa shape index (κ3) is 3.06. The van der Waals surface area contributed by atoms with Crippen molar-refractivity contribution in [3.63, 3.8) is 0 Å². The van der Waals surface area contributed by atoms with Gasteiger partial charge in [0.05, 0.1) is 11.4 Å². The molecule has 9 heteroatoms. The smallest absolute Gasteiger partial charge is 0.250 e. The zero-order valence-electron chi connectivity index (χ0n) is 16.9.